The number of hydrogen-bond acceptors (Lipinski definition) is 3. The highest BCUT2D eigenvalue weighted by atomic mass is 16.6. The maximum atomic E-state index is 5.36. The van der Waals surface area contributed by atoms with Crippen LogP contribution in [-0.2, 0) is 4.84 Å². The number of nitrogens with zero attached hydrogens (tertiary/aromatic N) is 1. The summed E-state index contributed by atoms with van der Waals surface area (Å²) < 4.78 is 0. The van der Waals surface area contributed by atoms with Crippen LogP contribution in [-0.4, -0.2) is 25.6 Å². The van der Waals surface area contributed by atoms with Gasteiger partial charge < -0.3 is 4.90 Å². The maximum Gasteiger partial charge on any atom is 0.0717 e. The second-order valence-electron chi connectivity index (χ2n) is 4.84. The minimum atomic E-state index is 0.636. The summed E-state index contributed by atoms with van der Waals surface area (Å²) in [6.07, 6.45) is 7.18. The van der Waals surface area contributed by atoms with Crippen molar-refractivity contribution in [2.24, 2.45) is 0 Å². The lowest BCUT2D eigenvalue weighted by Gasteiger charge is -2.25. The van der Waals surface area contributed by atoms with Crippen LogP contribution in [0.1, 0.15) is 18.9 Å². The predicted octanol–water partition coefficient (Wildman–Crippen LogP) is 3.34. The third kappa shape index (κ3) is 3.31. The molecule has 0 aromatic heterocycles. The molecule has 106 valence electrons. The molecular formula is C17H22N2O. The van der Waals surface area contributed by atoms with Gasteiger partial charge in [-0.2, -0.15) is 0 Å². The molecule has 0 saturated heterocycles. The first-order valence-corrected chi connectivity index (χ1v) is 6.95. The van der Waals surface area contributed by atoms with Gasteiger partial charge >= 0.3 is 0 Å². The number of benzene rings is 1. The molecule has 3 heteroatoms. The molecule has 0 heterocycles. The first-order valence-electron chi connectivity index (χ1n) is 6.95. The molecule has 0 spiro atoms. The van der Waals surface area contributed by atoms with Gasteiger partial charge in [0.2, 0.25) is 0 Å². The second-order valence-corrected chi connectivity index (χ2v) is 4.84. The lowest BCUT2D eigenvalue weighted by molar-refractivity contribution is 0.0749. The quantitative estimate of drug-likeness (QED) is 0.830. The van der Waals surface area contributed by atoms with E-state index in [4.69, 9.17) is 4.84 Å². The Kier molecular flexibility index (Phi) is 5.02. The Labute approximate surface area is 121 Å². The summed E-state index contributed by atoms with van der Waals surface area (Å²) in [6.45, 7) is 2.61. The molecule has 1 aliphatic rings. The molecule has 2 rings (SSSR count). The van der Waals surface area contributed by atoms with Crippen LogP contribution in [0.2, 0.25) is 0 Å². The van der Waals surface area contributed by atoms with Crippen molar-refractivity contribution < 1.29 is 4.84 Å². The second kappa shape index (κ2) is 6.96. The summed E-state index contributed by atoms with van der Waals surface area (Å²) in [5.74, 6) is 0. The molecule has 1 aliphatic carbocycles. The molecule has 0 aliphatic heterocycles. The molecule has 3 nitrogen and oxygen atoms in total. The van der Waals surface area contributed by atoms with Crippen molar-refractivity contribution in [3.8, 4) is 0 Å². The van der Waals surface area contributed by atoms with Gasteiger partial charge in [-0.1, -0.05) is 42.5 Å². The lowest BCUT2D eigenvalue weighted by atomic mass is 9.97. The topological polar surface area (TPSA) is 24.5 Å². The zero-order valence-corrected chi connectivity index (χ0v) is 12.4. The summed E-state index contributed by atoms with van der Waals surface area (Å²) in [5.41, 5.74) is 7.76. The van der Waals surface area contributed by atoms with E-state index in [1.165, 1.54) is 16.8 Å². The number of nitrogens with one attached hydrogen (secondary N) is 1. The van der Waals surface area contributed by atoms with Gasteiger partial charge in [-0.05, 0) is 25.0 Å². The van der Waals surface area contributed by atoms with Crippen molar-refractivity contribution in [2.75, 3.05) is 20.7 Å². The molecule has 0 unspecified atom stereocenters. The van der Waals surface area contributed by atoms with Gasteiger partial charge in [0, 0.05) is 25.4 Å². The SMILES string of the molecule is CCONC1=CC=CCC1=C(c1ccccc1)N(C)C. The van der Waals surface area contributed by atoms with Crippen molar-refractivity contribution in [1.29, 1.82) is 0 Å². The van der Waals surface area contributed by atoms with Gasteiger partial charge in [-0.25, -0.2) is 0 Å². The minimum absolute atomic E-state index is 0.636. The molecule has 0 bridgehead atoms. The Bertz CT molecular complexity index is 527. The first-order chi connectivity index (χ1) is 9.74. The largest absolute Gasteiger partial charge is 0.377 e. The van der Waals surface area contributed by atoms with E-state index in [9.17, 15) is 0 Å². The van der Waals surface area contributed by atoms with Crippen LogP contribution in [0.5, 0.6) is 0 Å². The minimum Gasteiger partial charge on any atom is -0.377 e. The van der Waals surface area contributed by atoms with Crippen LogP contribution in [0.25, 0.3) is 5.70 Å². The van der Waals surface area contributed by atoms with Gasteiger partial charge in [-0.3, -0.25) is 10.3 Å². The standard InChI is InChI=1S/C17H22N2O/c1-4-20-18-16-13-9-8-12-15(16)17(19(2)3)14-10-6-5-7-11-14/h5-11,13,18H,4,12H2,1-3H3. The van der Waals surface area contributed by atoms with Gasteiger partial charge in [0.25, 0.3) is 0 Å². The van der Waals surface area contributed by atoms with E-state index in [0.717, 1.165) is 12.1 Å². The summed E-state index contributed by atoms with van der Waals surface area (Å²) in [4.78, 5) is 7.52. The predicted molar refractivity (Wildman–Crippen MR) is 83.7 cm³/mol. The van der Waals surface area contributed by atoms with E-state index < -0.39 is 0 Å². The zero-order valence-electron chi connectivity index (χ0n) is 12.4. The van der Waals surface area contributed by atoms with Crippen LogP contribution in [0, 0.1) is 0 Å². The van der Waals surface area contributed by atoms with E-state index in [1.807, 2.05) is 13.0 Å². The Morgan fingerprint density at radius 3 is 2.65 bits per heavy atom. The van der Waals surface area contributed by atoms with E-state index in [-0.39, 0.29) is 0 Å². The number of allylic oxidation sites excluding steroid dienone is 4. The highest BCUT2D eigenvalue weighted by Gasteiger charge is 2.16. The normalized spacial score (nSPS) is 16.6. The van der Waals surface area contributed by atoms with E-state index in [0.29, 0.717) is 6.61 Å². The van der Waals surface area contributed by atoms with Gasteiger partial charge in [0.1, 0.15) is 0 Å². The maximum absolute atomic E-state index is 5.36. The van der Waals surface area contributed by atoms with Crippen LogP contribution in [0.3, 0.4) is 0 Å². The number of hydroxylamine groups is 1. The molecule has 0 atom stereocenters. The molecule has 1 aromatic carbocycles. The summed E-state index contributed by atoms with van der Waals surface area (Å²) in [5, 5.41) is 0. The Balaban J connectivity index is 2.44. The molecule has 20 heavy (non-hydrogen) atoms. The molecule has 0 fully saturated rings. The third-order valence-corrected chi connectivity index (χ3v) is 3.15. The summed E-state index contributed by atoms with van der Waals surface area (Å²) in [6, 6.07) is 10.4. The fraction of sp³-hybridized carbons (Fsp3) is 0.294. The van der Waals surface area contributed by atoms with E-state index >= 15 is 0 Å². The molecule has 0 saturated carbocycles. The highest BCUT2D eigenvalue weighted by molar-refractivity contribution is 5.71. The molecule has 0 radical (unpaired) electrons. The van der Waals surface area contributed by atoms with Crippen molar-refractivity contribution in [3.05, 3.63) is 65.4 Å². The first kappa shape index (κ1) is 14.4. The van der Waals surface area contributed by atoms with Crippen molar-refractivity contribution in [2.45, 2.75) is 13.3 Å². The average molecular weight is 270 g/mol. The van der Waals surface area contributed by atoms with Crippen LogP contribution in [0.4, 0.5) is 0 Å². The van der Waals surface area contributed by atoms with Crippen LogP contribution < -0.4 is 5.48 Å². The molecular weight excluding hydrogens is 248 g/mol. The molecule has 1 aromatic rings. The van der Waals surface area contributed by atoms with Crippen molar-refractivity contribution in [3.63, 3.8) is 0 Å². The molecule has 1 N–H and O–H groups in total. The third-order valence-electron chi connectivity index (χ3n) is 3.15. The fourth-order valence-corrected chi connectivity index (χ4v) is 2.33. The lowest BCUT2D eigenvalue weighted by Crippen LogP contribution is -2.21. The Morgan fingerprint density at radius 2 is 2.00 bits per heavy atom. The van der Waals surface area contributed by atoms with E-state index in [2.05, 4.69) is 67.0 Å². The zero-order chi connectivity index (χ0) is 14.4. The van der Waals surface area contributed by atoms with E-state index in [1.54, 1.807) is 0 Å². The van der Waals surface area contributed by atoms with Crippen molar-refractivity contribution >= 4 is 5.70 Å². The average Bonchev–Trinajstić information content (AvgIpc) is 2.47. The summed E-state index contributed by atoms with van der Waals surface area (Å²) in [7, 11) is 4.15. The summed E-state index contributed by atoms with van der Waals surface area (Å²) >= 11 is 0. The smallest absolute Gasteiger partial charge is 0.0717 e. The number of hydrogen-bond donors (Lipinski definition) is 1. The van der Waals surface area contributed by atoms with Gasteiger partial charge in [-0.15, -0.1) is 0 Å². The monoisotopic (exact) mass is 270 g/mol. The Hall–Kier alpha value is -2.00. The highest BCUT2D eigenvalue weighted by Crippen LogP contribution is 2.29. The van der Waals surface area contributed by atoms with Gasteiger partial charge in [0.05, 0.1) is 12.3 Å². The van der Waals surface area contributed by atoms with Crippen LogP contribution in [0.15, 0.2) is 59.8 Å². The Morgan fingerprint density at radius 1 is 1.25 bits per heavy atom. The fourth-order valence-electron chi connectivity index (χ4n) is 2.33. The van der Waals surface area contributed by atoms with Crippen LogP contribution >= 0.6 is 0 Å². The number of rotatable bonds is 5. The molecule has 0 amide bonds. The van der Waals surface area contributed by atoms with Crippen molar-refractivity contribution in [1.82, 2.24) is 10.4 Å². The van der Waals surface area contributed by atoms with Gasteiger partial charge in [0.15, 0.2) is 0 Å².